The first-order valence-corrected chi connectivity index (χ1v) is 4.33. The maximum Gasteiger partial charge on any atom is 0.152 e. The molecule has 2 aromatic heterocycles. The zero-order valence-electron chi connectivity index (χ0n) is 7.96. The van der Waals surface area contributed by atoms with Crippen LogP contribution >= 0.6 is 0 Å². The van der Waals surface area contributed by atoms with Gasteiger partial charge in [-0.1, -0.05) is 0 Å². The van der Waals surface area contributed by atoms with E-state index in [-0.39, 0.29) is 0 Å². The molecule has 6 heteroatoms. The van der Waals surface area contributed by atoms with Crippen molar-refractivity contribution < 1.29 is 0 Å². The predicted molar refractivity (Wildman–Crippen MR) is 50.2 cm³/mol. The molecule has 0 aliphatic rings. The molecule has 0 bridgehead atoms. The van der Waals surface area contributed by atoms with Gasteiger partial charge in [0.25, 0.3) is 0 Å². The molecule has 0 radical (unpaired) electrons. The summed E-state index contributed by atoms with van der Waals surface area (Å²) in [6.07, 6.45) is 5.18. The minimum atomic E-state index is 0.484. The number of aryl methyl sites for hydroxylation is 1. The first-order chi connectivity index (χ1) is 6.81. The van der Waals surface area contributed by atoms with Crippen LogP contribution in [0.1, 0.15) is 11.5 Å². The van der Waals surface area contributed by atoms with Crippen molar-refractivity contribution in [2.24, 2.45) is 12.8 Å². The van der Waals surface area contributed by atoms with Crippen molar-refractivity contribution in [3.05, 3.63) is 30.4 Å². The van der Waals surface area contributed by atoms with Crippen LogP contribution in [0.25, 0.3) is 0 Å². The Morgan fingerprint density at radius 3 is 2.93 bits per heavy atom. The lowest BCUT2D eigenvalue weighted by atomic mass is 10.4. The molecule has 2 aromatic rings. The average Bonchev–Trinajstić information content (AvgIpc) is 2.77. The number of imidazole rings is 1. The summed E-state index contributed by atoms with van der Waals surface area (Å²) in [6, 6.07) is 0. The van der Waals surface area contributed by atoms with E-state index in [2.05, 4.69) is 15.2 Å². The van der Waals surface area contributed by atoms with Gasteiger partial charge in [-0.15, -0.1) is 10.2 Å². The van der Waals surface area contributed by atoms with Crippen LogP contribution in [0.5, 0.6) is 0 Å². The number of hydrogen-bond acceptors (Lipinski definition) is 4. The van der Waals surface area contributed by atoms with Gasteiger partial charge in [-0.25, -0.2) is 4.98 Å². The van der Waals surface area contributed by atoms with E-state index in [9.17, 15) is 0 Å². The molecule has 0 fully saturated rings. The van der Waals surface area contributed by atoms with Crippen LogP contribution < -0.4 is 5.73 Å². The zero-order chi connectivity index (χ0) is 9.97. The Hall–Kier alpha value is -1.69. The molecule has 0 spiro atoms. The second-order valence-corrected chi connectivity index (χ2v) is 3.08. The number of nitrogens with zero attached hydrogens (tertiary/aromatic N) is 5. The molecule has 74 valence electrons. The van der Waals surface area contributed by atoms with Gasteiger partial charge in [0.1, 0.15) is 6.33 Å². The maximum absolute atomic E-state index is 5.56. The lowest BCUT2D eigenvalue weighted by molar-refractivity contribution is 0.669. The normalized spacial score (nSPS) is 10.7. The summed E-state index contributed by atoms with van der Waals surface area (Å²) < 4.78 is 3.84. The molecule has 0 saturated carbocycles. The standard InChI is InChI=1S/C8H12N6/c1-13-6-11-12-8(13)4-14-5-10-3-7(14)2-9/h3,5-6H,2,4,9H2,1H3. The maximum atomic E-state index is 5.56. The van der Waals surface area contributed by atoms with Crippen molar-refractivity contribution in [2.75, 3.05) is 0 Å². The van der Waals surface area contributed by atoms with Crippen molar-refractivity contribution in [2.45, 2.75) is 13.1 Å². The summed E-state index contributed by atoms with van der Waals surface area (Å²) in [5, 5.41) is 7.80. The van der Waals surface area contributed by atoms with Gasteiger partial charge < -0.3 is 14.9 Å². The Bertz CT molecular complexity index is 415. The Morgan fingerprint density at radius 2 is 2.29 bits per heavy atom. The molecule has 2 N–H and O–H groups in total. The predicted octanol–water partition coefficient (Wildman–Crippen LogP) is -0.481. The molecule has 0 unspecified atom stereocenters. The summed E-state index contributed by atoms with van der Waals surface area (Å²) in [7, 11) is 1.91. The fourth-order valence-corrected chi connectivity index (χ4v) is 1.26. The van der Waals surface area contributed by atoms with Crippen LogP contribution in [0.2, 0.25) is 0 Å². The van der Waals surface area contributed by atoms with Crippen LogP contribution in [-0.4, -0.2) is 24.3 Å². The van der Waals surface area contributed by atoms with Crippen molar-refractivity contribution >= 4 is 0 Å². The molecule has 2 rings (SSSR count). The number of aromatic nitrogens is 5. The molecule has 14 heavy (non-hydrogen) atoms. The highest BCUT2D eigenvalue weighted by Gasteiger charge is 2.04. The first-order valence-electron chi connectivity index (χ1n) is 4.33. The van der Waals surface area contributed by atoms with E-state index in [0.29, 0.717) is 13.1 Å². The topological polar surface area (TPSA) is 74.5 Å². The highest BCUT2D eigenvalue weighted by molar-refractivity contribution is 5.00. The van der Waals surface area contributed by atoms with E-state index in [1.165, 1.54) is 0 Å². The van der Waals surface area contributed by atoms with Crippen LogP contribution in [0.3, 0.4) is 0 Å². The molecule has 0 atom stereocenters. The third-order valence-corrected chi connectivity index (χ3v) is 2.12. The van der Waals surface area contributed by atoms with Crippen molar-refractivity contribution in [1.29, 1.82) is 0 Å². The van der Waals surface area contributed by atoms with Gasteiger partial charge in [-0.05, 0) is 0 Å². The van der Waals surface area contributed by atoms with Crippen LogP contribution in [0.15, 0.2) is 18.9 Å². The summed E-state index contributed by atoms with van der Waals surface area (Å²) >= 11 is 0. The van der Waals surface area contributed by atoms with Gasteiger partial charge in [0.05, 0.1) is 18.6 Å². The number of hydrogen-bond donors (Lipinski definition) is 1. The van der Waals surface area contributed by atoms with E-state index in [0.717, 1.165) is 11.5 Å². The fourth-order valence-electron chi connectivity index (χ4n) is 1.26. The fraction of sp³-hybridized carbons (Fsp3) is 0.375. The van der Waals surface area contributed by atoms with E-state index in [1.807, 2.05) is 16.2 Å². The van der Waals surface area contributed by atoms with Crippen molar-refractivity contribution in [1.82, 2.24) is 24.3 Å². The third kappa shape index (κ3) is 1.51. The first kappa shape index (κ1) is 8.89. The van der Waals surface area contributed by atoms with E-state index < -0.39 is 0 Å². The van der Waals surface area contributed by atoms with E-state index in [4.69, 9.17) is 5.73 Å². The van der Waals surface area contributed by atoms with Crippen LogP contribution in [0.4, 0.5) is 0 Å². The average molecular weight is 192 g/mol. The lowest BCUT2D eigenvalue weighted by Crippen LogP contribution is -2.10. The summed E-state index contributed by atoms with van der Waals surface area (Å²) in [4.78, 5) is 4.03. The van der Waals surface area contributed by atoms with Crippen molar-refractivity contribution in [3.8, 4) is 0 Å². The monoisotopic (exact) mass is 192 g/mol. The quantitative estimate of drug-likeness (QED) is 0.712. The highest BCUT2D eigenvalue weighted by Crippen LogP contribution is 2.02. The van der Waals surface area contributed by atoms with Gasteiger partial charge in [-0.3, -0.25) is 0 Å². The molecule has 0 aliphatic carbocycles. The zero-order valence-corrected chi connectivity index (χ0v) is 7.96. The van der Waals surface area contributed by atoms with Gasteiger partial charge >= 0.3 is 0 Å². The Kier molecular flexibility index (Phi) is 2.28. The summed E-state index contributed by atoms with van der Waals surface area (Å²) in [6.45, 7) is 1.14. The minimum Gasteiger partial charge on any atom is -0.326 e. The Labute approximate surface area is 81.4 Å². The van der Waals surface area contributed by atoms with Gasteiger partial charge in [-0.2, -0.15) is 0 Å². The smallest absolute Gasteiger partial charge is 0.152 e. The Balaban J connectivity index is 2.22. The van der Waals surface area contributed by atoms with Gasteiger partial charge in [0.15, 0.2) is 5.82 Å². The molecule has 0 amide bonds. The molecule has 0 aliphatic heterocycles. The van der Waals surface area contributed by atoms with E-state index >= 15 is 0 Å². The van der Waals surface area contributed by atoms with Crippen LogP contribution in [-0.2, 0) is 20.1 Å². The molecular formula is C8H12N6. The highest BCUT2D eigenvalue weighted by atomic mass is 15.3. The van der Waals surface area contributed by atoms with Gasteiger partial charge in [0, 0.05) is 19.8 Å². The van der Waals surface area contributed by atoms with E-state index in [1.54, 1.807) is 18.9 Å². The third-order valence-electron chi connectivity index (χ3n) is 2.12. The minimum absolute atomic E-state index is 0.484. The van der Waals surface area contributed by atoms with Crippen molar-refractivity contribution in [3.63, 3.8) is 0 Å². The Morgan fingerprint density at radius 1 is 1.43 bits per heavy atom. The number of rotatable bonds is 3. The number of nitrogens with two attached hydrogens (primary N) is 1. The molecule has 0 aromatic carbocycles. The second kappa shape index (κ2) is 3.59. The largest absolute Gasteiger partial charge is 0.326 e. The van der Waals surface area contributed by atoms with Crippen LogP contribution in [0, 0.1) is 0 Å². The molecule has 2 heterocycles. The second-order valence-electron chi connectivity index (χ2n) is 3.08. The molecule has 0 saturated heterocycles. The lowest BCUT2D eigenvalue weighted by Gasteiger charge is -2.04. The summed E-state index contributed by atoms with van der Waals surface area (Å²) in [5.74, 6) is 0.887. The molecular weight excluding hydrogens is 180 g/mol. The van der Waals surface area contributed by atoms with Gasteiger partial charge in [0.2, 0.25) is 0 Å². The molecule has 6 nitrogen and oxygen atoms in total. The summed E-state index contributed by atoms with van der Waals surface area (Å²) in [5.41, 5.74) is 6.55. The SMILES string of the molecule is Cn1cnnc1Cn1cncc1CN.